The molecule has 0 bridgehead atoms. The lowest BCUT2D eigenvalue weighted by Crippen LogP contribution is -2.40. The second-order valence-corrected chi connectivity index (χ2v) is 10.0. The van der Waals surface area contributed by atoms with Gasteiger partial charge in [-0.1, -0.05) is 74.7 Å². The second-order valence-electron chi connectivity index (χ2n) is 10.0. The van der Waals surface area contributed by atoms with Crippen LogP contribution in [-0.2, 0) is 11.3 Å². The van der Waals surface area contributed by atoms with E-state index >= 15 is 0 Å². The van der Waals surface area contributed by atoms with Crippen LogP contribution in [-0.4, -0.2) is 42.4 Å². The monoisotopic (exact) mass is 470 g/mol. The molecule has 1 amide bonds. The highest BCUT2D eigenvalue weighted by Crippen LogP contribution is 2.40. The van der Waals surface area contributed by atoms with Crippen molar-refractivity contribution in [1.82, 2.24) is 25.1 Å². The van der Waals surface area contributed by atoms with Crippen LogP contribution in [0.2, 0.25) is 0 Å². The summed E-state index contributed by atoms with van der Waals surface area (Å²) >= 11 is 0. The minimum Gasteiger partial charge on any atom is -0.294 e. The average molecular weight is 471 g/mol. The molecular formula is C28H34N6O. The van der Waals surface area contributed by atoms with Crippen molar-refractivity contribution in [1.29, 1.82) is 0 Å². The molecule has 3 aromatic rings. The van der Waals surface area contributed by atoms with Crippen LogP contribution >= 0.6 is 0 Å². The maximum atomic E-state index is 13.4. The topological polar surface area (TPSA) is 76.3 Å². The summed E-state index contributed by atoms with van der Waals surface area (Å²) in [5, 5.41) is 12.4. The summed E-state index contributed by atoms with van der Waals surface area (Å²) in [4.78, 5) is 20.4. The maximum Gasteiger partial charge on any atom is 0.256 e. The Labute approximate surface area is 207 Å². The fourth-order valence-corrected chi connectivity index (χ4v) is 5.32. The minimum absolute atomic E-state index is 0.167. The number of carbonyl (C=O) groups excluding carboxylic acids is 1. The number of carbonyl (C=O) groups is 1. The van der Waals surface area contributed by atoms with E-state index in [1.807, 2.05) is 21.7 Å². The van der Waals surface area contributed by atoms with Gasteiger partial charge in [0.2, 0.25) is 0 Å². The predicted molar refractivity (Wildman–Crippen MR) is 138 cm³/mol. The van der Waals surface area contributed by atoms with Crippen LogP contribution in [0, 0.1) is 0 Å². The van der Waals surface area contributed by atoms with Crippen molar-refractivity contribution in [3.8, 4) is 22.5 Å². The molecule has 7 heteroatoms. The Morgan fingerprint density at radius 2 is 1.71 bits per heavy atom. The summed E-state index contributed by atoms with van der Waals surface area (Å²) in [6.45, 7) is 6.91. The zero-order valence-electron chi connectivity index (χ0n) is 20.9. The summed E-state index contributed by atoms with van der Waals surface area (Å²) < 4.78 is 1.85. The van der Waals surface area contributed by atoms with Crippen molar-refractivity contribution in [3.05, 3.63) is 54.1 Å². The molecule has 1 saturated carbocycles. The van der Waals surface area contributed by atoms with Gasteiger partial charge in [0.25, 0.3) is 5.91 Å². The molecule has 0 N–H and O–H groups in total. The lowest BCUT2D eigenvalue weighted by molar-refractivity contribution is -0.131. The summed E-state index contributed by atoms with van der Waals surface area (Å²) in [7, 11) is 0. The molecule has 1 aliphatic heterocycles. The summed E-state index contributed by atoms with van der Waals surface area (Å²) in [5.41, 5.74) is 3.82. The van der Waals surface area contributed by atoms with Crippen LogP contribution < -0.4 is 0 Å². The molecule has 1 aliphatic carbocycles. The van der Waals surface area contributed by atoms with E-state index in [-0.39, 0.29) is 11.9 Å². The first-order valence-electron chi connectivity index (χ1n) is 12.9. The van der Waals surface area contributed by atoms with E-state index in [1.165, 1.54) is 0 Å². The molecule has 35 heavy (non-hydrogen) atoms. The lowest BCUT2D eigenvalue weighted by Gasteiger charge is -2.23. The van der Waals surface area contributed by atoms with Gasteiger partial charge in [0.05, 0.1) is 12.6 Å². The predicted octanol–water partition coefficient (Wildman–Crippen LogP) is 5.83. The highest BCUT2D eigenvalue weighted by atomic mass is 16.2. The van der Waals surface area contributed by atoms with E-state index in [2.05, 4.69) is 72.7 Å². The molecule has 0 radical (unpaired) electrons. The molecule has 1 spiro atoms. The molecule has 2 aromatic carbocycles. The Bertz CT molecular complexity index is 1220. The third-order valence-corrected chi connectivity index (χ3v) is 7.24. The van der Waals surface area contributed by atoms with Gasteiger partial charge in [-0.2, -0.15) is 0 Å². The van der Waals surface area contributed by atoms with Gasteiger partial charge in [0.1, 0.15) is 11.4 Å². The molecule has 7 nitrogen and oxygen atoms in total. The van der Waals surface area contributed by atoms with Gasteiger partial charge < -0.3 is 0 Å². The normalized spacial score (nSPS) is 17.1. The van der Waals surface area contributed by atoms with Crippen molar-refractivity contribution >= 4 is 11.7 Å². The Hall–Kier alpha value is -3.35. The molecular weight excluding hydrogens is 436 g/mol. The van der Waals surface area contributed by atoms with Gasteiger partial charge in [-0.05, 0) is 60.2 Å². The van der Waals surface area contributed by atoms with Gasteiger partial charge in [-0.3, -0.25) is 14.7 Å². The maximum absolute atomic E-state index is 13.4. The van der Waals surface area contributed by atoms with Gasteiger partial charge in [-0.25, -0.2) is 4.68 Å². The summed E-state index contributed by atoms with van der Waals surface area (Å²) in [5.74, 6) is 1.95. The van der Waals surface area contributed by atoms with E-state index in [4.69, 9.17) is 4.99 Å². The van der Waals surface area contributed by atoms with E-state index < -0.39 is 5.54 Å². The first-order chi connectivity index (χ1) is 17.0. The second kappa shape index (κ2) is 9.72. The standard InChI is InChI=1S/C28H34N6O/c1-4-5-12-25-29-28(17-8-9-18-28)27(35)33(25)19-21-13-15-22(16-14-21)23-10-6-7-11-24(23)26-30-31-32-34(26)20(2)3/h6-7,10-11,13-16,20H,4-5,8-9,12,17-19H2,1-3H3. The number of unbranched alkanes of at least 4 members (excludes halogenated alkanes) is 1. The minimum atomic E-state index is -0.484. The molecule has 2 heterocycles. The first-order valence-corrected chi connectivity index (χ1v) is 12.9. The number of hydrogen-bond donors (Lipinski definition) is 0. The Balaban J connectivity index is 1.40. The molecule has 1 fully saturated rings. The molecule has 0 unspecified atom stereocenters. The molecule has 2 aliphatic rings. The van der Waals surface area contributed by atoms with Crippen LogP contribution in [0.4, 0.5) is 0 Å². The van der Waals surface area contributed by atoms with Crippen molar-refractivity contribution < 1.29 is 4.79 Å². The summed E-state index contributed by atoms with van der Waals surface area (Å²) in [6.07, 6.45) is 7.01. The van der Waals surface area contributed by atoms with Gasteiger partial charge >= 0.3 is 0 Å². The third kappa shape index (κ3) is 4.40. The third-order valence-electron chi connectivity index (χ3n) is 7.24. The highest BCUT2D eigenvalue weighted by molar-refractivity contribution is 6.08. The SMILES string of the molecule is CCCCC1=NC2(CCCC2)C(=O)N1Cc1ccc(-c2ccccc2-c2nnnn2C(C)C)cc1. The van der Waals surface area contributed by atoms with Crippen molar-refractivity contribution in [2.75, 3.05) is 0 Å². The number of rotatable bonds is 8. The number of aromatic nitrogens is 4. The van der Waals surface area contributed by atoms with E-state index in [0.29, 0.717) is 6.54 Å². The number of tetrazole rings is 1. The van der Waals surface area contributed by atoms with Crippen LogP contribution in [0.3, 0.4) is 0 Å². The fourth-order valence-electron chi connectivity index (χ4n) is 5.32. The largest absolute Gasteiger partial charge is 0.294 e. The highest BCUT2D eigenvalue weighted by Gasteiger charge is 2.49. The summed E-state index contributed by atoms with van der Waals surface area (Å²) in [6, 6.07) is 16.9. The van der Waals surface area contributed by atoms with E-state index in [9.17, 15) is 4.79 Å². The van der Waals surface area contributed by atoms with Crippen molar-refractivity contribution in [2.24, 2.45) is 4.99 Å². The fraction of sp³-hybridized carbons (Fsp3) is 0.464. The van der Waals surface area contributed by atoms with Gasteiger partial charge in [0.15, 0.2) is 5.82 Å². The van der Waals surface area contributed by atoms with Crippen LogP contribution in [0.15, 0.2) is 53.5 Å². The van der Waals surface area contributed by atoms with Gasteiger partial charge in [0, 0.05) is 12.0 Å². The van der Waals surface area contributed by atoms with Crippen LogP contribution in [0.1, 0.15) is 77.3 Å². The Morgan fingerprint density at radius 1 is 1.00 bits per heavy atom. The number of amidine groups is 1. The average Bonchev–Trinajstić information content (AvgIpc) is 3.61. The quantitative estimate of drug-likeness (QED) is 0.415. The molecule has 1 aromatic heterocycles. The van der Waals surface area contributed by atoms with Gasteiger partial charge in [-0.15, -0.1) is 5.10 Å². The number of hydrogen-bond acceptors (Lipinski definition) is 5. The van der Waals surface area contributed by atoms with Crippen molar-refractivity contribution in [3.63, 3.8) is 0 Å². The molecule has 5 rings (SSSR count). The molecule has 0 saturated heterocycles. The lowest BCUT2D eigenvalue weighted by atomic mass is 9.97. The Kier molecular flexibility index (Phi) is 6.50. The first kappa shape index (κ1) is 23.4. The molecule has 182 valence electrons. The Morgan fingerprint density at radius 3 is 2.40 bits per heavy atom. The number of amides is 1. The smallest absolute Gasteiger partial charge is 0.256 e. The number of aliphatic imine (C=N–C) groups is 1. The van der Waals surface area contributed by atoms with Crippen LogP contribution in [0.5, 0.6) is 0 Å². The van der Waals surface area contributed by atoms with Crippen LogP contribution in [0.25, 0.3) is 22.5 Å². The van der Waals surface area contributed by atoms with E-state index in [1.54, 1.807) is 0 Å². The molecule has 0 atom stereocenters. The van der Waals surface area contributed by atoms with E-state index in [0.717, 1.165) is 78.9 Å². The zero-order valence-corrected chi connectivity index (χ0v) is 20.9. The van der Waals surface area contributed by atoms with Crippen molar-refractivity contribution in [2.45, 2.75) is 83.8 Å². The zero-order chi connectivity index (χ0) is 24.4. The number of benzene rings is 2. The number of nitrogens with zero attached hydrogens (tertiary/aromatic N) is 6.